The van der Waals surface area contributed by atoms with E-state index in [1.807, 2.05) is 21.3 Å². The lowest BCUT2D eigenvalue weighted by atomic mass is 9.43. The zero-order valence-corrected chi connectivity index (χ0v) is 20.2. The molecule has 7 heteroatoms. The van der Waals surface area contributed by atoms with E-state index in [1.54, 1.807) is 7.11 Å². The molecule has 1 spiro atoms. The highest BCUT2D eigenvalue weighted by atomic mass is 16.5. The van der Waals surface area contributed by atoms with E-state index in [9.17, 15) is 10.2 Å². The van der Waals surface area contributed by atoms with Gasteiger partial charge in [-0.1, -0.05) is 6.92 Å². The molecule has 5 saturated carbocycles. The summed E-state index contributed by atoms with van der Waals surface area (Å²) in [5, 5.41) is 24.1. The van der Waals surface area contributed by atoms with Crippen molar-refractivity contribution in [3.8, 4) is 0 Å². The van der Waals surface area contributed by atoms with Gasteiger partial charge < -0.3 is 29.2 Å². The molecule has 1 heterocycles. The third kappa shape index (κ3) is 2.19. The van der Waals surface area contributed by atoms with Crippen LogP contribution in [0.3, 0.4) is 0 Å². The van der Waals surface area contributed by atoms with Crippen molar-refractivity contribution in [1.29, 1.82) is 0 Å². The van der Waals surface area contributed by atoms with Gasteiger partial charge in [-0.3, -0.25) is 4.90 Å². The zero-order valence-electron chi connectivity index (χ0n) is 20.2. The summed E-state index contributed by atoms with van der Waals surface area (Å²) in [4.78, 5) is 2.62. The summed E-state index contributed by atoms with van der Waals surface area (Å²) in [6, 6.07) is 0.186. The summed E-state index contributed by atoms with van der Waals surface area (Å²) in [6.07, 6.45) is 2.89. The van der Waals surface area contributed by atoms with Gasteiger partial charge in [-0.05, 0) is 31.7 Å². The molecule has 1 saturated heterocycles. The summed E-state index contributed by atoms with van der Waals surface area (Å²) < 4.78 is 24.5. The largest absolute Gasteiger partial charge is 0.392 e. The second kappa shape index (κ2) is 7.12. The average Bonchev–Trinajstić information content (AvgIpc) is 3.19. The van der Waals surface area contributed by atoms with Gasteiger partial charge in [-0.2, -0.15) is 0 Å². The summed E-state index contributed by atoms with van der Waals surface area (Å²) in [7, 11) is 7.23. The maximum absolute atomic E-state index is 12.6. The fourth-order valence-corrected chi connectivity index (χ4v) is 11.0. The summed E-state index contributed by atoms with van der Waals surface area (Å²) >= 11 is 0. The van der Waals surface area contributed by atoms with Crippen molar-refractivity contribution in [2.24, 2.45) is 40.4 Å². The quantitative estimate of drug-likeness (QED) is 0.627. The molecule has 2 N–H and O–H groups in total. The van der Waals surface area contributed by atoms with Crippen LogP contribution in [0.15, 0.2) is 0 Å². The maximum atomic E-state index is 12.6. The lowest BCUT2D eigenvalue weighted by Crippen LogP contribution is -2.76. The van der Waals surface area contributed by atoms with Crippen molar-refractivity contribution >= 4 is 0 Å². The second-order valence-corrected chi connectivity index (χ2v) is 11.8. The van der Waals surface area contributed by atoms with Crippen LogP contribution in [0.1, 0.15) is 32.6 Å². The molecular formula is C25H41NO6. The van der Waals surface area contributed by atoms with Crippen LogP contribution >= 0.6 is 0 Å². The second-order valence-electron chi connectivity index (χ2n) is 11.8. The number of methoxy groups -OCH3 is 4. The highest BCUT2D eigenvalue weighted by molar-refractivity contribution is 5.35. The van der Waals surface area contributed by atoms with Crippen LogP contribution in [-0.4, -0.2) is 99.3 Å². The summed E-state index contributed by atoms with van der Waals surface area (Å²) in [5.41, 5.74) is -1.18. The molecule has 0 amide bonds. The van der Waals surface area contributed by atoms with Crippen LogP contribution in [-0.2, 0) is 18.9 Å². The van der Waals surface area contributed by atoms with E-state index in [0.717, 1.165) is 32.4 Å². The first kappa shape index (κ1) is 22.2. The Hall–Kier alpha value is -0.280. The lowest BCUT2D eigenvalue weighted by Gasteiger charge is -2.69. The van der Waals surface area contributed by atoms with E-state index >= 15 is 0 Å². The average molecular weight is 452 g/mol. The van der Waals surface area contributed by atoms with Crippen LogP contribution in [0.4, 0.5) is 0 Å². The Morgan fingerprint density at radius 2 is 1.84 bits per heavy atom. The predicted octanol–water partition coefficient (Wildman–Crippen LogP) is 1.16. The lowest BCUT2D eigenvalue weighted by molar-refractivity contribution is -0.276. The fraction of sp³-hybridized carbons (Fsp3) is 1.00. The topological polar surface area (TPSA) is 80.6 Å². The summed E-state index contributed by atoms with van der Waals surface area (Å²) in [5.74, 6) is 0.310. The van der Waals surface area contributed by atoms with Gasteiger partial charge in [0.15, 0.2) is 0 Å². The van der Waals surface area contributed by atoms with Gasteiger partial charge in [0.1, 0.15) is 0 Å². The molecule has 0 radical (unpaired) electrons. The third-order valence-electron chi connectivity index (χ3n) is 11.4. The Morgan fingerprint density at radius 1 is 1.06 bits per heavy atom. The first-order valence-corrected chi connectivity index (χ1v) is 12.6. The fourth-order valence-electron chi connectivity index (χ4n) is 11.0. The minimum atomic E-state index is -0.999. The Kier molecular flexibility index (Phi) is 4.94. The highest BCUT2D eigenvalue weighted by Gasteiger charge is 2.86. The molecule has 182 valence electrons. The molecule has 0 aromatic heterocycles. The number of likely N-dealkylation sites (tertiary alicyclic amines) is 1. The van der Waals surface area contributed by atoms with Crippen molar-refractivity contribution < 1.29 is 29.2 Å². The Labute approximate surface area is 191 Å². The van der Waals surface area contributed by atoms with Crippen LogP contribution in [0.25, 0.3) is 0 Å². The normalized spacial score (nSPS) is 60.1. The van der Waals surface area contributed by atoms with Gasteiger partial charge in [0.2, 0.25) is 0 Å². The number of aliphatic hydroxyl groups is 2. The highest BCUT2D eigenvalue weighted by Crippen LogP contribution is 2.79. The molecule has 0 aromatic carbocycles. The molecule has 1 aliphatic heterocycles. The number of piperidine rings is 1. The zero-order chi connectivity index (χ0) is 22.6. The number of hydrogen-bond donors (Lipinski definition) is 2. The number of ether oxygens (including phenoxy) is 4. The van der Waals surface area contributed by atoms with Crippen molar-refractivity contribution in [3.05, 3.63) is 0 Å². The Balaban J connectivity index is 1.63. The SMILES string of the molecule is CCN1C[C@]2(COC)CCC(OC)[C@@]34[C@@H]5C[C@H]6[C@H](O)[C@@H]5[C@](O)(C[C@@H]6OC)[C@@H]([C@@H](OC)[C@H]23)[C@@H]14. The van der Waals surface area contributed by atoms with Crippen LogP contribution in [0.2, 0.25) is 0 Å². The molecule has 5 aliphatic carbocycles. The van der Waals surface area contributed by atoms with Crippen molar-refractivity contribution in [2.75, 3.05) is 48.1 Å². The Bertz CT molecular complexity index is 767. The molecule has 6 rings (SSSR count). The Morgan fingerprint density at radius 3 is 2.47 bits per heavy atom. The van der Waals surface area contributed by atoms with Gasteiger partial charge in [-0.25, -0.2) is 0 Å². The number of fused-ring (bicyclic) bond motifs is 2. The van der Waals surface area contributed by atoms with Gasteiger partial charge in [0.05, 0.1) is 36.6 Å². The molecule has 13 atom stereocenters. The van der Waals surface area contributed by atoms with E-state index < -0.39 is 11.7 Å². The van der Waals surface area contributed by atoms with E-state index in [2.05, 4.69) is 11.8 Å². The number of rotatable bonds is 6. The minimum absolute atomic E-state index is 0.0234. The predicted molar refractivity (Wildman–Crippen MR) is 117 cm³/mol. The van der Waals surface area contributed by atoms with Gasteiger partial charge in [-0.15, -0.1) is 0 Å². The van der Waals surface area contributed by atoms with Gasteiger partial charge in [0, 0.05) is 81.9 Å². The molecule has 1 unspecified atom stereocenters. The van der Waals surface area contributed by atoms with E-state index in [1.165, 1.54) is 0 Å². The smallest absolute Gasteiger partial charge is 0.0796 e. The van der Waals surface area contributed by atoms with Crippen molar-refractivity contribution in [3.63, 3.8) is 0 Å². The molecule has 32 heavy (non-hydrogen) atoms. The van der Waals surface area contributed by atoms with E-state index in [-0.39, 0.29) is 64.8 Å². The number of hydrogen-bond acceptors (Lipinski definition) is 7. The van der Waals surface area contributed by atoms with Crippen LogP contribution in [0, 0.1) is 40.4 Å². The van der Waals surface area contributed by atoms with Crippen LogP contribution in [0.5, 0.6) is 0 Å². The van der Waals surface area contributed by atoms with Crippen LogP contribution < -0.4 is 0 Å². The number of aliphatic hydroxyl groups excluding tert-OH is 1. The molecule has 6 aliphatic rings. The standard InChI is InChI=1S/C25H41NO6/c1-6-26-11-23(12-29-2)8-7-16(31-4)25-14-9-13-15(30-3)10-24(28,17(14)19(13)27)18(22(25)26)20(32-5)21(23)25/h13-22,27-28H,6-12H2,1-5H3/t13-,14-,15+,16?,17-,18+,19+,20-,21-,22-,23+,24-,25+/m1/s1. The third-order valence-corrected chi connectivity index (χ3v) is 11.4. The molecule has 7 nitrogen and oxygen atoms in total. The van der Waals surface area contributed by atoms with E-state index in [4.69, 9.17) is 18.9 Å². The first-order chi connectivity index (χ1) is 15.4. The van der Waals surface area contributed by atoms with Crippen molar-refractivity contribution in [2.45, 2.75) is 68.7 Å². The molecular weight excluding hydrogens is 410 g/mol. The first-order valence-electron chi connectivity index (χ1n) is 12.6. The van der Waals surface area contributed by atoms with E-state index in [0.29, 0.717) is 13.0 Å². The maximum Gasteiger partial charge on any atom is 0.0796 e. The molecule has 6 fully saturated rings. The van der Waals surface area contributed by atoms with Crippen molar-refractivity contribution in [1.82, 2.24) is 4.90 Å². The van der Waals surface area contributed by atoms with Gasteiger partial charge >= 0.3 is 0 Å². The molecule has 7 bridgehead atoms. The monoisotopic (exact) mass is 451 g/mol. The summed E-state index contributed by atoms with van der Waals surface area (Å²) in [6.45, 7) is 4.86. The number of nitrogens with zero attached hydrogens (tertiary/aromatic N) is 1. The van der Waals surface area contributed by atoms with Gasteiger partial charge in [0.25, 0.3) is 0 Å². The minimum Gasteiger partial charge on any atom is -0.392 e. The molecule has 0 aromatic rings.